The topological polar surface area (TPSA) is 35.8 Å². The zero-order valence-corrected chi connectivity index (χ0v) is 12.6. The Balaban J connectivity index is 2.09. The van der Waals surface area contributed by atoms with E-state index in [9.17, 15) is 5.21 Å². The lowest BCUT2D eigenvalue weighted by Crippen LogP contribution is -2.33. The molecule has 0 amide bonds. The summed E-state index contributed by atoms with van der Waals surface area (Å²) in [5.41, 5.74) is 3.86. The fourth-order valence-electron chi connectivity index (χ4n) is 4.24. The van der Waals surface area contributed by atoms with Crippen LogP contribution in [0, 0.1) is 0 Å². The van der Waals surface area contributed by atoms with Crippen LogP contribution in [0.3, 0.4) is 0 Å². The highest BCUT2D eigenvalue weighted by molar-refractivity contribution is 5.97. The van der Waals surface area contributed by atoms with E-state index in [0.717, 1.165) is 31.4 Å². The minimum absolute atomic E-state index is 0.000278. The van der Waals surface area contributed by atoms with Gasteiger partial charge in [-0.3, -0.25) is 0 Å². The smallest absolute Gasteiger partial charge is 0.0676 e. The van der Waals surface area contributed by atoms with Crippen LogP contribution in [0.15, 0.2) is 29.4 Å². The van der Waals surface area contributed by atoms with E-state index in [1.54, 1.807) is 0 Å². The van der Waals surface area contributed by atoms with Gasteiger partial charge in [0.05, 0.1) is 5.71 Å². The first-order valence-corrected chi connectivity index (χ1v) is 7.57. The summed E-state index contributed by atoms with van der Waals surface area (Å²) in [5.74, 6) is 0.524. The maximum Gasteiger partial charge on any atom is 0.0676 e. The fraction of sp³-hybridized carbons (Fsp3) is 0.588. The molecule has 1 aromatic rings. The van der Waals surface area contributed by atoms with Crippen molar-refractivity contribution in [2.45, 2.75) is 50.0 Å². The van der Waals surface area contributed by atoms with Gasteiger partial charge in [-0.25, -0.2) is 0 Å². The summed E-state index contributed by atoms with van der Waals surface area (Å²) in [6.45, 7) is 2.30. The van der Waals surface area contributed by atoms with Crippen LogP contribution in [0.4, 0.5) is 0 Å². The molecule has 0 heterocycles. The van der Waals surface area contributed by atoms with Crippen LogP contribution in [-0.4, -0.2) is 36.0 Å². The predicted octanol–water partition coefficient (Wildman–Crippen LogP) is 3.38. The number of nitrogens with zero attached hydrogens (tertiary/aromatic N) is 2. The third kappa shape index (κ3) is 1.80. The van der Waals surface area contributed by atoms with Gasteiger partial charge in [-0.15, -0.1) is 0 Å². The van der Waals surface area contributed by atoms with Gasteiger partial charge in [0, 0.05) is 17.4 Å². The summed E-state index contributed by atoms with van der Waals surface area (Å²) in [5, 5.41) is 13.1. The third-order valence-electron chi connectivity index (χ3n) is 5.53. The van der Waals surface area contributed by atoms with Gasteiger partial charge in [0.2, 0.25) is 0 Å². The van der Waals surface area contributed by atoms with Crippen molar-refractivity contribution >= 4 is 5.71 Å². The molecule has 3 rings (SSSR count). The van der Waals surface area contributed by atoms with E-state index in [1.165, 1.54) is 11.1 Å². The number of likely N-dealkylation sites (N-methyl/N-ethyl adjacent to an activating group) is 1. The molecule has 1 fully saturated rings. The molecule has 0 radical (unpaired) electrons. The van der Waals surface area contributed by atoms with Crippen molar-refractivity contribution in [3.8, 4) is 0 Å². The Bertz CT molecular complexity index is 538. The van der Waals surface area contributed by atoms with Gasteiger partial charge in [0.1, 0.15) is 0 Å². The molecule has 20 heavy (non-hydrogen) atoms. The van der Waals surface area contributed by atoms with Crippen molar-refractivity contribution in [2.75, 3.05) is 14.1 Å². The quantitative estimate of drug-likeness (QED) is 0.662. The van der Waals surface area contributed by atoms with Crippen molar-refractivity contribution in [1.82, 2.24) is 4.90 Å². The van der Waals surface area contributed by atoms with E-state index in [0.29, 0.717) is 12.0 Å². The Morgan fingerprint density at radius 2 is 2.10 bits per heavy atom. The number of benzene rings is 1. The average molecular weight is 272 g/mol. The monoisotopic (exact) mass is 272 g/mol. The number of rotatable bonds is 2. The summed E-state index contributed by atoms with van der Waals surface area (Å²) >= 11 is 0. The van der Waals surface area contributed by atoms with Crippen LogP contribution in [0.1, 0.15) is 49.7 Å². The Morgan fingerprint density at radius 1 is 1.35 bits per heavy atom. The Labute approximate surface area is 121 Å². The van der Waals surface area contributed by atoms with Crippen molar-refractivity contribution in [3.05, 3.63) is 35.4 Å². The summed E-state index contributed by atoms with van der Waals surface area (Å²) in [6.07, 6.45) is 4.29. The molecule has 3 atom stereocenters. The minimum Gasteiger partial charge on any atom is -0.411 e. The number of fused-ring (bicyclic) bond motifs is 2. The molecule has 0 aromatic heterocycles. The molecule has 2 unspecified atom stereocenters. The largest absolute Gasteiger partial charge is 0.411 e. The fourth-order valence-corrected chi connectivity index (χ4v) is 4.24. The highest BCUT2D eigenvalue weighted by atomic mass is 16.4. The van der Waals surface area contributed by atoms with Crippen molar-refractivity contribution in [3.63, 3.8) is 0 Å². The Hall–Kier alpha value is -1.35. The predicted molar refractivity (Wildman–Crippen MR) is 81.7 cm³/mol. The van der Waals surface area contributed by atoms with Gasteiger partial charge < -0.3 is 10.1 Å². The first-order chi connectivity index (χ1) is 9.60. The molecule has 1 saturated carbocycles. The van der Waals surface area contributed by atoms with Gasteiger partial charge in [0.15, 0.2) is 0 Å². The van der Waals surface area contributed by atoms with Crippen LogP contribution in [0.5, 0.6) is 0 Å². The molecule has 108 valence electrons. The molecule has 0 bridgehead atoms. The second-order valence-corrected chi connectivity index (χ2v) is 6.58. The second-order valence-electron chi connectivity index (χ2n) is 6.58. The van der Waals surface area contributed by atoms with E-state index in [2.05, 4.69) is 55.3 Å². The summed E-state index contributed by atoms with van der Waals surface area (Å²) in [7, 11) is 4.29. The Kier molecular flexibility index (Phi) is 3.33. The molecule has 1 aromatic carbocycles. The summed E-state index contributed by atoms with van der Waals surface area (Å²) in [6, 6.07) is 9.27. The normalized spacial score (nSPS) is 32.2. The molecule has 2 aliphatic carbocycles. The maximum absolute atomic E-state index is 9.43. The molecule has 0 aliphatic heterocycles. The third-order valence-corrected chi connectivity index (χ3v) is 5.53. The zero-order chi connectivity index (χ0) is 14.3. The van der Waals surface area contributed by atoms with Crippen molar-refractivity contribution < 1.29 is 5.21 Å². The molecular formula is C17H24N2O. The van der Waals surface area contributed by atoms with E-state index >= 15 is 0 Å². The van der Waals surface area contributed by atoms with Gasteiger partial charge in [0.25, 0.3) is 0 Å². The summed E-state index contributed by atoms with van der Waals surface area (Å²) < 4.78 is 0. The lowest BCUT2D eigenvalue weighted by Gasteiger charge is -2.29. The molecule has 1 spiro atoms. The van der Waals surface area contributed by atoms with Crippen LogP contribution in [-0.2, 0) is 5.41 Å². The van der Waals surface area contributed by atoms with Crippen molar-refractivity contribution in [2.24, 2.45) is 5.16 Å². The van der Waals surface area contributed by atoms with E-state index in [-0.39, 0.29) is 5.41 Å². The lowest BCUT2D eigenvalue weighted by molar-refractivity contribution is 0.259. The maximum atomic E-state index is 9.43. The molecule has 1 N–H and O–H groups in total. The zero-order valence-electron chi connectivity index (χ0n) is 12.6. The SMILES string of the molecule is CC([C@@H]1CC2(CCC/C2=N/O)c2ccccc21)N(C)C. The van der Waals surface area contributed by atoms with Gasteiger partial charge >= 0.3 is 0 Å². The van der Waals surface area contributed by atoms with Gasteiger partial charge in [-0.05, 0) is 57.8 Å². The van der Waals surface area contributed by atoms with E-state index in [4.69, 9.17) is 0 Å². The standard InChI is InChI=1S/C17H24N2O/c1-12(19(2)3)14-11-17(10-6-9-16(17)18-20)15-8-5-4-7-13(14)15/h4-5,7-8,12,14,20H,6,9-11H2,1-3H3/b18-16-/t12?,14-,17?/m0/s1. The first-order valence-electron chi connectivity index (χ1n) is 7.57. The van der Waals surface area contributed by atoms with E-state index < -0.39 is 0 Å². The first kappa shape index (κ1) is 13.6. The number of oxime groups is 1. The molecule has 3 heteroatoms. The van der Waals surface area contributed by atoms with Crippen LogP contribution in [0.25, 0.3) is 0 Å². The number of hydrogen-bond donors (Lipinski definition) is 1. The average Bonchev–Trinajstić information content (AvgIpc) is 3.01. The minimum atomic E-state index is 0.000278. The van der Waals surface area contributed by atoms with Crippen LogP contribution < -0.4 is 0 Å². The Morgan fingerprint density at radius 3 is 2.80 bits per heavy atom. The molecular weight excluding hydrogens is 248 g/mol. The van der Waals surface area contributed by atoms with Crippen LogP contribution in [0.2, 0.25) is 0 Å². The van der Waals surface area contributed by atoms with Crippen LogP contribution >= 0.6 is 0 Å². The second kappa shape index (κ2) is 4.88. The summed E-state index contributed by atoms with van der Waals surface area (Å²) in [4.78, 5) is 2.30. The number of hydrogen-bond acceptors (Lipinski definition) is 3. The molecule has 3 nitrogen and oxygen atoms in total. The highest BCUT2D eigenvalue weighted by Gasteiger charge is 2.50. The van der Waals surface area contributed by atoms with E-state index in [1.807, 2.05) is 0 Å². The van der Waals surface area contributed by atoms with Gasteiger partial charge in [-0.1, -0.05) is 29.4 Å². The molecule has 0 saturated heterocycles. The lowest BCUT2D eigenvalue weighted by atomic mass is 9.78. The van der Waals surface area contributed by atoms with Gasteiger partial charge in [-0.2, -0.15) is 0 Å². The highest BCUT2D eigenvalue weighted by Crippen LogP contribution is 2.54. The molecule has 2 aliphatic rings. The van der Waals surface area contributed by atoms with Crippen molar-refractivity contribution in [1.29, 1.82) is 0 Å².